The number of allylic oxidation sites excluding steroid dienone is 1. The molecule has 6 nitrogen and oxygen atoms in total. The molecule has 4 rings (SSSR count). The number of nitrogens with one attached hydrogen (secondary N) is 1. The fraction of sp³-hybridized carbons (Fsp3) is 0.160. The van der Waals surface area contributed by atoms with Crippen molar-refractivity contribution in [3.05, 3.63) is 90.1 Å². The summed E-state index contributed by atoms with van der Waals surface area (Å²) in [7, 11) is 3.74. The van der Waals surface area contributed by atoms with Crippen LogP contribution in [0.15, 0.2) is 79.0 Å². The molecule has 0 radical (unpaired) electrons. The van der Waals surface area contributed by atoms with Gasteiger partial charge in [-0.05, 0) is 35.9 Å². The highest BCUT2D eigenvalue weighted by atomic mass is 16.7. The molecule has 0 amide bonds. The van der Waals surface area contributed by atoms with E-state index in [1.54, 1.807) is 12.3 Å². The number of carbonyl (C=O) groups is 1. The second kappa shape index (κ2) is 9.26. The van der Waals surface area contributed by atoms with Gasteiger partial charge in [0.25, 0.3) is 0 Å². The minimum Gasteiger partial charge on any atom is -0.488 e. The summed E-state index contributed by atoms with van der Waals surface area (Å²) in [6.45, 7) is 0.608. The topological polar surface area (TPSA) is 60.0 Å². The lowest BCUT2D eigenvalue weighted by Crippen LogP contribution is -2.06. The minimum absolute atomic E-state index is 0.133. The van der Waals surface area contributed by atoms with Gasteiger partial charge in [-0.1, -0.05) is 30.3 Å². The highest BCUT2D eigenvalue weighted by Crippen LogP contribution is 2.35. The average molecular weight is 416 g/mol. The van der Waals surface area contributed by atoms with Crippen LogP contribution >= 0.6 is 0 Å². The minimum atomic E-state index is -0.133. The second-order valence-electron chi connectivity index (χ2n) is 7.32. The zero-order chi connectivity index (χ0) is 21.6. The fourth-order valence-corrected chi connectivity index (χ4v) is 3.11. The van der Waals surface area contributed by atoms with Gasteiger partial charge in [-0.3, -0.25) is 4.79 Å². The van der Waals surface area contributed by atoms with Crippen molar-refractivity contribution in [2.45, 2.75) is 6.61 Å². The van der Waals surface area contributed by atoms with Crippen LogP contribution in [0.2, 0.25) is 0 Å². The molecular formula is C25H24N2O4. The summed E-state index contributed by atoms with van der Waals surface area (Å²) < 4.78 is 16.8. The van der Waals surface area contributed by atoms with Gasteiger partial charge in [-0.25, -0.2) is 0 Å². The van der Waals surface area contributed by atoms with Crippen LogP contribution in [0.1, 0.15) is 15.9 Å². The molecule has 0 unspecified atom stereocenters. The maximum atomic E-state index is 12.9. The van der Waals surface area contributed by atoms with E-state index < -0.39 is 0 Å². The summed E-state index contributed by atoms with van der Waals surface area (Å²) in [6, 6.07) is 21.0. The molecule has 158 valence electrons. The number of benzene rings is 3. The van der Waals surface area contributed by atoms with E-state index in [9.17, 15) is 4.79 Å². The maximum absolute atomic E-state index is 12.9. The number of nitrogens with zero attached hydrogens (tertiary/aromatic N) is 1. The molecule has 0 aliphatic carbocycles. The molecule has 3 aromatic rings. The molecule has 0 saturated heterocycles. The normalized spacial score (nSPS) is 12.1. The highest BCUT2D eigenvalue weighted by molar-refractivity contribution is 6.07. The van der Waals surface area contributed by atoms with Crippen molar-refractivity contribution in [2.24, 2.45) is 0 Å². The number of ketones is 1. The molecule has 1 aliphatic rings. The predicted octanol–water partition coefficient (Wildman–Crippen LogP) is 5.00. The van der Waals surface area contributed by atoms with Crippen molar-refractivity contribution >= 4 is 17.2 Å². The Morgan fingerprint density at radius 3 is 2.55 bits per heavy atom. The number of carbonyl (C=O) groups excluding carboxylic acids is 1. The molecule has 0 aromatic heterocycles. The Kier molecular flexibility index (Phi) is 6.08. The van der Waals surface area contributed by atoms with Gasteiger partial charge in [0.15, 0.2) is 17.3 Å². The number of ether oxygens (including phenoxy) is 3. The molecule has 0 fully saturated rings. The standard InChI is InChI=1S/C25H24N2O4/c1-27(2)13-12-22(28)21-14-19(26-20-9-11-24-25(15-20)31-17-30-24)8-10-23(21)29-16-18-6-4-3-5-7-18/h3-15,26H,16-17H2,1-2H3. The summed E-state index contributed by atoms with van der Waals surface area (Å²) in [5, 5.41) is 3.32. The Balaban J connectivity index is 1.58. The average Bonchev–Trinajstić information content (AvgIpc) is 3.25. The van der Waals surface area contributed by atoms with Crippen LogP contribution in [0.4, 0.5) is 11.4 Å². The van der Waals surface area contributed by atoms with E-state index in [-0.39, 0.29) is 12.6 Å². The zero-order valence-electron chi connectivity index (χ0n) is 17.5. The van der Waals surface area contributed by atoms with Crippen molar-refractivity contribution in [2.75, 3.05) is 26.2 Å². The van der Waals surface area contributed by atoms with Crippen LogP contribution in [0, 0.1) is 0 Å². The first kappa shape index (κ1) is 20.3. The molecule has 1 N–H and O–H groups in total. The van der Waals surface area contributed by atoms with Gasteiger partial charge in [0.1, 0.15) is 12.4 Å². The Morgan fingerprint density at radius 2 is 1.74 bits per heavy atom. The third kappa shape index (κ3) is 5.17. The lowest BCUT2D eigenvalue weighted by Gasteiger charge is -2.14. The fourth-order valence-electron chi connectivity index (χ4n) is 3.11. The predicted molar refractivity (Wildman–Crippen MR) is 120 cm³/mol. The Hall–Kier alpha value is -3.93. The monoisotopic (exact) mass is 416 g/mol. The molecule has 0 saturated carbocycles. The van der Waals surface area contributed by atoms with Crippen molar-refractivity contribution in [3.8, 4) is 17.2 Å². The molecule has 3 aromatic carbocycles. The van der Waals surface area contributed by atoms with E-state index in [4.69, 9.17) is 14.2 Å². The molecular weight excluding hydrogens is 392 g/mol. The summed E-state index contributed by atoms with van der Waals surface area (Å²) in [6.07, 6.45) is 3.26. The van der Waals surface area contributed by atoms with Crippen molar-refractivity contribution < 1.29 is 19.0 Å². The summed E-state index contributed by atoms with van der Waals surface area (Å²) in [5.74, 6) is 1.82. The van der Waals surface area contributed by atoms with E-state index in [1.165, 1.54) is 6.08 Å². The van der Waals surface area contributed by atoms with Crippen molar-refractivity contribution in [1.82, 2.24) is 4.90 Å². The van der Waals surface area contributed by atoms with Gasteiger partial charge < -0.3 is 24.4 Å². The van der Waals surface area contributed by atoms with Gasteiger partial charge in [-0.2, -0.15) is 0 Å². The quantitative estimate of drug-likeness (QED) is 0.412. The smallest absolute Gasteiger partial charge is 0.231 e. The summed E-state index contributed by atoms with van der Waals surface area (Å²) in [5.41, 5.74) is 3.13. The van der Waals surface area contributed by atoms with Crippen LogP contribution in [-0.2, 0) is 6.61 Å². The van der Waals surface area contributed by atoms with E-state index in [2.05, 4.69) is 5.32 Å². The first-order valence-corrected chi connectivity index (χ1v) is 9.95. The molecule has 31 heavy (non-hydrogen) atoms. The van der Waals surface area contributed by atoms with Crippen LogP contribution in [0.5, 0.6) is 17.2 Å². The molecule has 0 spiro atoms. The second-order valence-corrected chi connectivity index (χ2v) is 7.32. The van der Waals surface area contributed by atoms with Crippen LogP contribution in [0.25, 0.3) is 0 Å². The third-order valence-electron chi connectivity index (χ3n) is 4.67. The molecule has 1 aliphatic heterocycles. The van der Waals surface area contributed by atoms with Gasteiger partial charge >= 0.3 is 0 Å². The van der Waals surface area contributed by atoms with Gasteiger partial charge in [-0.15, -0.1) is 0 Å². The van der Waals surface area contributed by atoms with E-state index in [0.29, 0.717) is 23.7 Å². The van der Waals surface area contributed by atoms with Gasteiger partial charge in [0.05, 0.1) is 5.56 Å². The summed E-state index contributed by atoms with van der Waals surface area (Å²) >= 11 is 0. The number of anilines is 2. The first-order valence-electron chi connectivity index (χ1n) is 9.95. The Labute approximate surface area is 181 Å². The first-order chi connectivity index (χ1) is 15.1. The molecule has 0 atom stereocenters. The number of hydrogen-bond acceptors (Lipinski definition) is 6. The maximum Gasteiger partial charge on any atom is 0.231 e. The third-order valence-corrected chi connectivity index (χ3v) is 4.67. The van der Waals surface area contributed by atoms with E-state index in [1.807, 2.05) is 79.7 Å². The highest BCUT2D eigenvalue weighted by Gasteiger charge is 2.15. The number of hydrogen-bond donors (Lipinski definition) is 1. The lowest BCUT2D eigenvalue weighted by molar-refractivity contribution is 0.104. The number of fused-ring (bicyclic) bond motifs is 1. The summed E-state index contributed by atoms with van der Waals surface area (Å²) in [4.78, 5) is 14.7. The van der Waals surface area contributed by atoms with E-state index in [0.717, 1.165) is 22.7 Å². The van der Waals surface area contributed by atoms with Gasteiger partial charge in [0.2, 0.25) is 6.79 Å². The Bertz CT molecular complexity index is 1090. The van der Waals surface area contributed by atoms with Crippen LogP contribution in [-0.4, -0.2) is 31.6 Å². The van der Waals surface area contributed by atoms with Crippen LogP contribution in [0.3, 0.4) is 0 Å². The van der Waals surface area contributed by atoms with Crippen molar-refractivity contribution in [1.29, 1.82) is 0 Å². The SMILES string of the molecule is CN(C)C=CC(=O)c1cc(Nc2ccc3c(c2)OCO3)ccc1OCc1ccccc1. The largest absolute Gasteiger partial charge is 0.488 e. The number of rotatable bonds is 8. The van der Waals surface area contributed by atoms with Crippen molar-refractivity contribution in [3.63, 3.8) is 0 Å². The molecule has 6 heteroatoms. The van der Waals surface area contributed by atoms with Gasteiger partial charge in [0, 0.05) is 43.8 Å². The lowest BCUT2D eigenvalue weighted by atomic mass is 10.1. The molecule has 1 heterocycles. The Morgan fingerprint density at radius 1 is 1.00 bits per heavy atom. The van der Waals surface area contributed by atoms with Crippen LogP contribution < -0.4 is 19.5 Å². The molecule has 0 bridgehead atoms. The zero-order valence-corrected chi connectivity index (χ0v) is 17.5. The van der Waals surface area contributed by atoms with E-state index >= 15 is 0 Å².